The molecule has 8 rings (SSSR count). The van der Waals surface area contributed by atoms with Gasteiger partial charge in [-0.1, -0.05) is 18.2 Å². The molecule has 14 nitrogen and oxygen atoms in total. The molecule has 3 aliphatic heterocycles. The van der Waals surface area contributed by atoms with Crippen molar-refractivity contribution in [3.8, 4) is 0 Å². The second-order valence-electron chi connectivity index (χ2n) is 14.4. The van der Waals surface area contributed by atoms with Gasteiger partial charge in [0.15, 0.2) is 0 Å². The van der Waals surface area contributed by atoms with Crippen molar-refractivity contribution in [2.75, 3.05) is 36.9 Å². The lowest BCUT2D eigenvalue weighted by atomic mass is 9.91. The fourth-order valence-corrected chi connectivity index (χ4v) is 7.75. The molecule has 272 valence electrons. The molecule has 3 N–H and O–H groups in total. The Hall–Kier alpha value is -5.89. The molecule has 1 unspecified atom stereocenters. The third-order valence-electron chi connectivity index (χ3n) is 10.7. The molecule has 4 aromatic heterocycles. The monoisotopic (exact) mass is 714 g/mol. The highest BCUT2D eigenvalue weighted by Crippen LogP contribution is 2.28. The minimum absolute atomic E-state index is 0.0348. The van der Waals surface area contributed by atoms with Crippen LogP contribution in [-0.2, 0) is 22.7 Å². The molecule has 0 bridgehead atoms. The van der Waals surface area contributed by atoms with E-state index in [0.717, 1.165) is 54.6 Å². The van der Waals surface area contributed by atoms with E-state index >= 15 is 0 Å². The first kappa shape index (κ1) is 34.2. The summed E-state index contributed by atoms with van der Waals surface area (Å²) in [7, 11) is 2.15. The van der Waals surface area contributed by atoms with E-state index in [-0.39, 0.29) is 41.3 Å². The molecule has 0 aliphatic carbocycles. The smallest absolute Gasteiger partial charge is 0.274 e. The van der Waals surface area contributed by atoms with E-state index in [1.165, 1.54) is 5.69 Å². The molecule has 3 aliphatic rings. The van der Waals surface area contributed by atoms with Crippen molar-refractivity contribution >= 4 is 46.0 Å². The van der Waals surface area contributed by atoms with E-state index in [9.17, 15) is 19.2 Å². The standard InChI is InChI=1S/C39H42N10O4/c1-24-17-41-39(53)34-16-27-5-9-33(44-36(27)49(24)34)38(52)43-29-20-42-48(23-29)22-25-3-6-31(7-4-25)47-13-11-30(12-14-47)46(2)21-26-15-28(19-40-18-26)32-8-10-35(50)45-37(32)51/h3-7,9,15-16,18-20,23-24,30,32H,8,10-14,17,21-22H2,1-2H3,(H,41,53)(H,43,52)(H,45,50,51)/t24-,32?/m1/s1. The third-order valence-corrected chi connectivity index (χ3v) is 10.7. The lowest BCUT2D eigenvalue weighted by Gasteiger charge is -2.38. The zero-order valence-electron chi connectivity index (χ0n) is 29.8. The summed E-state index contributed by atoms with van der Waals surface area (Å²) < 4.78 is 3.69. The van der Waals surface area contributed by atoms with Crippen LogP contribution in [0.1, 0.15) is 82.2 Å². The number of nitrogens with zero attached hydrogens (tertiary/aromatic N) is 7. The Balaban J connectivity index is 0.827. The number of hydrogen-bond acceptors (Lipinski definition) is 9. The SMILES string of the molecule is C[C@@H]1CNC(=O)c2cc3ccc(C(=O)Nc4cnn(Cc5ccc(N6CCC(N(C)Cc7cncc(C8CCC(=O)NC8=O)c7)CC6)cc5)c4)nc3n21. The number of nitrogens with one attached hydrogen (secondary N) is 3. The van der Waals surface area contributed by atoms with Gasteiger partial charge < -0.3 is 20.1 Å². The van der Waals surface area contributed by atoms with Gasteiger partial charge in [-0.3, -0.25) is 39.1 Å². The van der Waals surface area contributed by atoms with Crippen molar-refractivity contribution in [2.45, 2.75) is 63.7 Å². The topological polar surface area (TPSA) is 159 Å². The average Bonchev–Trinajstić information content (AvgIpc) is 3.78. The number of hydrogen-bond donors (Lipinski definition) is 3. The molecule has 5 aromatic rings. The van der Waals surface area contributed by atoms with E-state index in [4.69, 9.17) is 0 Å². The Morgan fingerprint density at radius 1 is 0.981 bits per heavy atom. The molecule has 14 heteroatoms. The van der Waals surface area contributed by atoms with E-state index < -0.39 is 0 Å². The molecule has 0 radical (unpaired) electrons. The normalized spacial score (nSPS) is 19.3. The largest absolute Gasteiger partial charge is 0.371 e. The second-order valence-corrected chi connectivity index (χ2v) is 14.4. The summed E-state index contributed by atoms with van der Waals surface area (Å²) in [5.41, 5.74) is 6.23. The van der Waals surface area contributed by atoms with Crippen molar-refractivity contribution in [1.29, 1.82) is 0 Å². The predicted molar refractivity (Wildman–Crippen MR) is 199 cm³/mol. The Morgan fingerprint density at radius 2 is 1.79 bits per heavy atom. The first-order chi connectivity index (χ1) is 25.7. The van der Waals surface area contributed by atoms with Gasteiger partial charge in [-0.05, 0) is 80.3 Å². The minimum atomic E-state index is -0.342. The van der Waals surface area contributed by atoms with Crippen LogP contribution in [0.2, 0.25) is 0 Å². The number of rotatable bonds is 9. The van der Waals surface area contributed by atoms with Gasteiger partial charge in [-0.2, -0.15) is 5.10 Å². The Kier molecular flexibility index (Phi) is 9.21. The summed E-state index contributed by atoms with van der Waals surface area (Å²) in [4.78, 5) is 63.3. The van der Waals surface area contributed by atoms with Gasteiger partial charge in [0.2, 0.25) is 11.8 Å². The summed E-state index contributed by atoms with van der Waals surface area (Å²) in [6, 6.07) is 16.4. The summed E-state index contributed by atoms with van der Waals surface area (Å²) >= 11 is 0. The zero-order valence-corrected chi connectivity index (χ0v) is 29.8. The number of piperidine rings is 2. The number of aromatic nitrogens is 5. The molecular formula is C39H42N10O4. The summed E-state index contributed by atoms with van der Waals surface area (Å²) in [6.07, 6.45) is 9.98. The molecule has 0 spiro atoms. The highest BCUT2D eigenvalue weighted by Gasteiger charge is 2.29. The molecule has 2 saturated heterocycles. The van der Waals surface area contributed by atoms with E-state index in [0.29, 0.717) is 49.0 Å². The van der Waals surface area contributed by atoms with Crippen molar-refractivity contribution in [2.24, 2.45) is 0 Å². The highest BCUT2D eigenvalue weighted by atomic mass is 16.2. The predicted octanol–water partition coefficient (Wildman–Crippen LogP) is 3.85. The van der Waals surface area contributed by atoms with Crippen molar-refractivity contribution < 1.29 is 19.2 Å². The number of carbonyl (C=O) groups is 4. The second kappa shape index (κ2) is 14.3. The Labute approximate surface area is 306 Å². The summed E-state index contributed by atoms with van der Waals surface area (Å²) in [6.45, 7) is 5.73. The fraction of sp³-hybridized carbons (Fsp3) is 0.359. The molecule has 53 heavy (non-hydrogen) atoms. The number of benzene rings is 1. The van der Waals surface area contributed by atoms with Gasteiger partial charge in [0.25, 0.3) is 11.8 Å². The van der Waals surface area contributed by atoms with Crippen molar-refractivity contribution in [3.63, 3.8) is 0 Å². The number of fused-ring (bicyclic) bond motifs is 3. The van der Waals surface area contributed by atoms with Gasteiger partial charge in [0.1, 0.15) is 17.0 Å². The number of pyridine rings is 2. The number of amides is 4. The third kappa shape index (κ3) is 7.14. The maximum Gasteiger partial charge on any atom is 0.274 e. The molecule has 4 amide bonds. The maximum atomic E-state index is 13.1. The van der Waals surface area contributed by atoms with Gasteiger partial charge in [0, 0.05) is 68.3 Å². The van der Waals surface area contributed by atoms with Crippen LogP contribution < -0.4 is 20.9 Å². The fourth-order valence-electron chi connectivity index (χ4n) is 7.75. The molecule has 0 saturated carbocycles. The molecule has 7 heterocycles. The zero-order chi connectivity index (χ0) is 36.6. The van der Waals surface area contributed by atoms with Crippen LogP contribution in [0.3, 0.4) is 0 Å². The lowest BCUT2D eigenvalue weighted by molar-refractivity contribution is -0.134. The highest BCUT2D eigenvalue weighted by molar-refractivity contribution is 6.05. The summed E-state index contributed by atoms with van der Waals surface area (Å²) in [5.74, 6) is -1.26. The minimum Gasteiger partial charge on any atom is -0.371 e. The van der Waals surface area contributed by atoms with Crippen LogP contribution in [0, 0.1) is 0 Å². The quantitative estimate of drug-likeness (QED) is 0.193. The van der Waals surface area contributed by atoms with Gasteiger partial charge >= 0.3 is 0 Å². The molecule has 2 atom stereocenters. The van der Waals surface area contributed by atoms with Crippen molar-refractivity contribution in [3.05, 3.63) is 101 Å². The maximum absolute atomic E-state index is 13.1. The number of anilines is 2. The molecule has 1 aromatic carbocycles. The van der Waals surface area contributed by atoms with Crippen LogP contribution in [0.4, 0.5) is 11.4 Å². The first-order valence-corrected chi connectivity index (χ1v) is 18.1. The van der Waals surface area contributed by atoms with Crippen LogP contribution in [0.5, 0.6) is 0 Å². The summed E-state index contributed by atoms with van der Waals surface area (Å²) in [5, 5.41) is 13.5. The lowest BCUT2D eigenvalue weighted by Crippen LogP contribution is -2.43. The number of carbonyl (C=O) groups excluding carboxylic acids is 4. The van der Waals surface area contributed by atoms with Crippen LogP contribution >= 0.6 is 0 Å². The first-order valence-electron chi connectivity index (χ1n) is 18.1. The van der Waals surface area contributed by atoms with Gasteiger partial charge in [-0.15, -0.1) is 0 Å². The Bertz CT molecular complexity index is 2200. The van der Waals surface area contributed by atoms with E-state index in [2.05, 4.69) is 78.2 Å². The average molecular weight is 715 g/mol. The van der Waals surface area contributed by atoms with Crippen LogP contribution in [-0.4, -0.2) is 85.6 Å². The van der Waals surface area contributed by atoms with Crippen LogP contribution in [0.15, 0.2) is 73.3 Å². The van der Waals surface area contributed by atoms with E-state index in [1.54, 1.807) is 29.3 Å². The van der Waals surface area contributed by atoms with Gasteiger partial charge in [-0.25, -0.2) is 4.98 Å². The van der Waals surface area contributed by atoms with Crippen molar-refractivity contribution in [1.82, 2.24) is 39.8 Å². The molecule has 2 fully saturated rings. The Morgan fingerprint density at radius 3 is 2.58 bits per heavy atom. The van der Waals surface area contributed by atoms with Crippen LogP contribution in [0.25, 0.3) is 11.0 Å². The van der Waals surface area contributed by atoms with E-state index in [1.807, 2.05) is 29.8 Å². The van der Waals surface area contributed by atoms with Gasteiger partial charge in [0.05, 0.1) is 30.4 Å². The molecular weight excluding hydrogens is 672 g/mol. The number of imide groups is 1.